The zero-order valence-corrected chi connectivity index (χ0v) is 8.17. The van der Waals surface area contributed by atoms with Gasteiger partial charge in [-0.15, -0.1) is 0 Å². The van der Waals surface area contributed by atoms with Crippen LogP contribution in [-0.4, -0.2) is 12.6 Å². The van der Waals surface area contributed by atoms with Crippen molar-refractivity contribution >= 4 is 5.97 Å². The number of hydrogen-bond donors (Lipinski definition) is 0. The monoisotopic (exact) mass is 170 g/mol. The molecule has 0 fully saturated rings. The molecule has 70 valence electrons. The summed E-state index contributed by atoms with van der Waals surface area (Å²) in [7, 11) is 0. The average Bonchev–Trinajstić information content (AvgIpc) is 1.99. The van der Waals surface area contributed by atoms with Crippen LogP contribution < -0.4 is 0 Å². The second-order valence-electron chi connectivity index (χ2n) is 3.57. The number of esters is 1. The molecule has 1 unspecified atom stereocenters. The SMILES string of the molecule is C=CC(=O)OCC(C)CC(C)C. The van der Waals surface area contributed by atoms with Gasteiger partial charge < -0.3 is 4.74 Å². The van der Waals surface area contributed by atoms with Gasteiger partial charge in [0.15, 0.2) is 0 Å². The predicted molar refractivity (Wildman–Crippen MR) is 49.8 cm³/mol. The molecule has 2 nitrogen and oxygen atoms in total. The molecule has 0 amide bonds. The van der Waals surface area contributed by atoms with Crippen LogP contribution in [0.25, 0.3) is 0 Å². The molecular formula is C10H18O2. The van der Waals surface area contributed by atoms with Gasteiger partial charge in [-0.2, -0.15) is 0 Å². The van der Waals surface area contributed by atoms with Crippen LogP contribution in [-0.2, 0) is 9.53 Å². The van der Waals surface area contributed by atoms with Crippen molar-refractivity contribution in [3.63, 3.8) is 0 Å². The lowest BCUT2D eigenvalue weighted by molar-refractivity contribution is -0.139. The largest absolute Gasteiger partial charge is 0.462 e. The molecule has 0 aromatic heterocycles. The minimum absolute atomic E-state index is 0.328. The molecule has 1 atom stereocenters. The van der Waals surface area contributed by atoms with Gasteiger partial charge >= 0.3 is 5.97 Å². The highest BCUT2D eigenvalue weighted by molar-refractivity contribution is 5.81. The highest BCUT2D eigenvalue weighted by Gasteiger charge is 2.06. The van der Waals surface area contributed by atoms with Gasteiger partial charge in [-0.25, -0.2) is 4.79 Å². The maximum absolute atomic E-state index is 10.7. The van der Waals surface area contributed by atoms with Gasteiger partial charge in [0.25, 0.3) is 0 Å². The maximum Gasteiger partial charge on any atom is 0.330 e. The molecule has 0 radical (unpaired) electrons. The maximum atomic E-state index is 10.7. The molecular weight excluding hydrogens is 152 g/mol. The third-order valence-corrected chi connectivity index (χ3v) is 1.55. The van der Waals surface area contributed by atoms with E-state index in [1.807, 2.05) is 0 Å². The Morgan fingerprint density at radius 1 is 1.50 bits per heavy atom. The zero-order chi connectivity index (χ0) is 9.56. The topological polar surface area (TPSA) is 26.3 Å². The van der Waals surface area contributed by atoms with Crippen molar-refractivity contribution in [2.75, 3.05) is 6.61 Å². The fourth-order valence-electron chi connectivity index (χ4n) is 1.16. The first-order valence-electron chi connectivity index (χ1n) is 4.35. The van der Waals surface area contributed by atoms with Crippen LogP contribution in [0.4, 0.5) is 0 Å². The van der Waals surface area contributed by atoms with Crippen LogP contribution in [0.15, 0.2) is 12.7 Å². The van der Waals surface area contributed by atoms with E-state index < -0.39 is 0 Å². The van der Waals surface area contributed by atoms with Crippen molar-refractivity contribution in [1.29, 1.82) is 0 Å². The smallest absolute Gasteiger partial charge is 0.330 e. The Morgan fingerprint density at radius 2 is 2.08 bits per heavy atom. The van der Waals surface area contributed by atoms with Gasteiger partial charge in [-0.3, -0.25) is 0 Å². The van der Waals surface area contributed by atoms with Crippen LogP contribution >= 0.6 is 0 Å². The van der Waals surface area contributed by atoms with Gasteiger partial charge in [-0.1, -0.05) is 27.4 Å². The van der Waals surface area contributed by atoms with Crippen molar-refractivity contribution in [3.8, 4) is 0 Å². The van der Waals surface area contributed by atoms with Crippen LogP contribution in [0.2, 0.25) is 0 Å². The number of carbonyl (C=O) groups is 1. The fourth-order valence-corrected chi connectivity index (χ4v) is 1.16. The van der Waals surface area contributed by atoms with E-state index in [2.05, 4.69) is 27.4 Å². The normalized spacial score (nSPS) is 12.7. The molecule has 0 heterocycles. The Labute approximate surface area is 74.6 Å². The predicted octanol–water partition coefficient (Wildman–Crippen LogP) is 2.40. The van der Waals surface area contributed by atoms with E-state index in [4.69, 9.17) is 4.74 Å². The molecule has 2 heteroatoms. The molecule has 0 saturated heterocycles. The van der Waals surface area contributed by atoms with Crippen LogP contribution in [0.5, 0.6) is 0 Å². The van der Waals surface area contributed by atoms with Gasteiger partial charge in [0.05, 0.1) is 6.61 Å². The first kappa shape index (κ1) is 11.2. The summed E-state index contributed by atoms with van der Waals surface area (Å²) in [6.07, 6.45) is 2.28. The van der Waals surface area contributed by atoms with Crippen LogP contribution in [0, 0.1) is 11.8 Å². The molecule has 0 aliphatic carbocycles. The van der Waals surface area contributed by atoms with E-state index in [1.165, 1.54) is 6.08 Å². The molecule has 0 aromatic rings. The third kappa shape index (κ3) is 5.96. The summed E-state index contributed by atoms with van der Waals surface area (Å²) >= 11 is 0. The molecule has 0 aliphatic rings. The summed E-state index contributed by atoms with van der Waals surface area (Å²) in [5.74, 6) is 0.766. The summed E-state index contributed by atoms with van der Waals surface area (Å²) in [5.41, 5.74) is 0. The van der Waals surface area contributed by atoms with Crippen molar-refractivity contribution in [2.45, 2.75) is 27.2 Å². The Bertz CT molecular complexity index is 150. The summed E-state index contributed by atoms with van der Waals surface area (Å²) in [5, 5.41) is 0. The second-order valence-corrected chi connectivity index (χ2v) is 3.57. The van der Waals surface area contributed by atoms with Gasteiger partial charge in [0.1, 0.15) is 0 Å². The molecule has 0 rings (SSSR count). The summed E-state index contributed by atoms with van der Waals surface area (Å²) in [6.45, 7) is 10.2. The summed E-state index contributed by atoms with van der Waals surface area (Å²) in [4.78, 5) is 10.7. The highest BCUT2D eigenvalue weighted by atomic mass is 16.5. The first-order valence-corrected chi connectivity index (χ1v) is 4.35. The van der Waals surface area contributed by atoms with Gasteiger partial charge in [-0.05, 0) is 18.3 Å². The lowest BCUT2D eigenvalue weighted by atomic mass is 10.00. The Hall–Kier alpha value is -0.790. The van der Waals surface area contributed by atoms with E-state index >= 15 is 0 Å². The molecule has 12 heavy (non-hydrogen) atoms. The quantitative estimate of drug-likeness (QED) is 0.468. The molecule has 0 saturated carbocycles. The van der Waals surface area contributed by atoms with Crippen molar-refractivity contribution in [2.24, 2.45) is 11.8 Å². The number of hydrogen-bond acceptors (Lipinski definition) is 2. The van der Waals surface area contributed by atoms with E-state index in [1.54, 1.807) is 0 Å². The van der Waals surface area contributed by atoms with Crippen molar-refractivity contribution in [1.82, 2.24) is 0 Å². The van der Waals surface area contributed by atoms with E-state index in [-0.39, 0.29) is 5.97 Å². The van der Waals surface area contributed by atoms with Crippen LogP contribution in [0.3, 0.4) is 0 Å². The first-order chi connectivity index (χ1) is 5.56. The molecule has 0 N–H and O–H groups in total. The third-order valence-electron chi connectivity index (χ3n) is 1.55. The van der Waals surface area contributed by atoms with E-state index in [0.717, 1.165) is 6.42 Å². The Balaban J connectivity index is 3.49. The van der Waals surface area contributed by atoms with Gasteiger partial charge in [0.2, 0.25) is 0 Å². The van der Waals surface area contributed by atoms with Gasteiger partial charge in [0, 0.05) is 6.08 Å². The lowest BCUT2D eigenvalue weighted by Crippen LogP contribution is -2.11. The Kier molecular flexibility index (Phi) is 5.43. The van der Waals surface area contributed by atoms with Crippen molar-refractivity contribution in [3.05, 3.63) is 12.7 Å². The summed E-state index contributed by atoms with van der Waals surface area (Å²) in [6, 6.07) is 0. The minimum atomic E-state index is -0.328. The molecule has 0 bridgehead atoms. The lowest BCUT2D eigenvalue weighted by Gasteiger charge is -2.12. The fraction of sp³-hybridized carbons (Fsp3) is 0.700. The Morgan fingerprint density at radius 3 is 2.50 bits per heavy atom. The second kappa shape index (κ2) is 5.81. The molecule has 0 aromatic carbocycles. The average molecular weight is 170 g/mol. The van der Waals surface area contributed by atoms with E-state index in [0.29, 0.717) is 18.4 Å². The van der Waals surface area contributed by atoms with E-state index in [9.17, 15) is 4.79 Å². The van der Waals surface area contributed by atoms with Crippen molar-refractivity contribution < 1.29 is 9.53 Å². The van der Waals surface area contributed by atoms with Crippen LogP contribution in [0.1, 0.15) is 27.2 Å². The standard InChI is InChI=1S/C10H18O2/c1-5-10(11)12-7-9(4)6-8(2)3/h5,8-9H,1,6-7H2,2-4H3. The molecule has 0 aliphatic heterocycles. The number of ether oxygens (including phenoxy) is 1. The highest BCUT2D eigenvalue weighted by Crippen LogP contribution is 2.10. The minimum Gasteiger partial charge on any atom is -0.462 e. The number of rotatable bonds is 5. The number of carbonyl (C=O) groups excluding carboxylic acids is 1. The molecule has 0 spiro atoms. The summed E-state index contributed by atoms with van der Waals surface area (Å²) < 4.78 is 4.90. The zero-order valence-electron chi connectivity index (χ0n) is 8.17.